The van der Waals surface area contributed by atoms with E-state index in [1.165, 1.54) is 16.8 Å². The molecule has 0 amide bonds. The Balaban J connectivity index is 2.13. The molecule has 0 bridgehead atoms. The summed E-state index contributed by atoms with van der Waals surface area (Å²) in [5.41, 5.74) is 9.61. The number of ether oxygens (including phenoxy) is 1. The standard InChI is InChI=1S/C13H20N2O/c1-10-3-4-12(7-11(10)2)15-5-6-16-13(8-14)9-15/h3-4,7,13H,5-6,8-9,14H2,1-2H3. The second-order valence-corrected chi connectivity index (χ2v) is 4.44. The van der Waals surface area contributed by atoms with Crippen molar-refractivity contribution in [3.63, 3.8) is 0 Å². The lowest BCUT2D eigenvalue weighted by molar-refractivity contribution is 0.0466. The van der Waals surface area contributed by atoms with Crippen molar-refractivity contribution in [3.8, 4) is 0 Å². The number of anilines is 1. The van der Waals surface area contributed by atoms with Gasteiger partial charge >= 0.3 is 0 Å². The highest BCUT2D eigenvalue weighted by atomic mass is 16.5. The molecule has 1 aromatic rings. The Morgan fingerprint density at radius 1 is 1.38 bits per heavy atom. The highest BCUT2D eigenvalue weighted by Gasteiger charge is 2.19. The van der Waals surface area contributed by atoms with Gasteiger partial charge in [-0.05, 0) is 37.1 Å². The van der Waals surface area contributed by atoms with E-state index >= 15 is 0 Å². The molecule has 0 aromatic heterocycles. The number of rotatable bonds is 2. The van der Waals surface area contributed by atoms with Crippen LogP contribution in [-0.4, -0.2) is 32.3 Å². The maximum absolute atomic E-state index is 5.65. The summed E-state index contributed by atoms with van der Waals surface area (Å²) in [7, 11) is 0. The lowest BCUT2D eigenvalue weighted by Gasteiger charge is -2.34. The summed E-state index contributed by atoms with van der Waals surface area (Å²) in [6.45, 7) is 7.52. The van der Waals surface area contributed by atoms with Gasteiger partial charge in [0.2, 0.25) is 0 Å². The van der Waals surface area contributed by atoms with Crippen molar-refractivity contribution in [1.82, 2.24) is 0 Å². The molecule has 1 saturated heterocycles. The van der Waals surface area contributed by atoms with Crippen molar-refractivity contribution in [1.29, 1.82) is 0 Å². The summed E-state index contributed by atoms with van der Waals surface area (Å²) < 4.78 is 5.57. The van der Waals surface area contributed by atoms with Gasteiger partial charge in [0.1, 0.15) is 0 Å². The molecular weight excluding hydrogens is 200 g/mol. The summed E-state index contributed by atoms with van der Waals surface area (Å²) in [5, 5.41) is 0. The topological polar surface area (TPSA) is 38.5 Å². The normalized spacial score (nSPS) is 21.2. The summed E-state index contributed by atoms with van der Waals surface area (Å²) in [5.74, 6) is 0. The van der Waals surface area contributed by atoms with Crippen LogP contribution in [0.25, 0.3) is 0 Å². The second kappa shape index (κ2) is 4.85. The second-order valence-electron chi connectivity index (χ2n) is 4.44. The van der Waals surface area contributed by atoms with Crippen LogP contribution in [0.4, 0.5) is 5.69 Å². The van der Waals surface area contributed by atoms with Crippen LogP contribution in [0, 0.1) is 13.8 Å². The van der Waals surface area contributed by atoms with Crippen molar-refractivity contribution < 1.29 is 4.74 Å². The third-order valence-corrected chi connectivity index (χ3v) is 3.26. The molecule has 1 aliphatic rings. The minimum absolute atomic E-state index is 0.176. The molecule has 1 fully saturated rings. The van der Waals surface area contributed by atoms with Gasteiger partial charge in [0, 0.05) is 25.3 Å². The number of nitrogens with two attached hydrogens (primary N) is 1. The average Bonchev–Trinajstić information content (AvgIpc) is 2.33. The van der Waals surface area contributed by atoms with E-state index < -0.39 is 0 Å². The van der Waals surface area contributed by atoms with Gasteiger partial charge in [-0.3, -0.25) is 0 Å². The highest BCUT2D eigenvalue weighted by molar-refractivity contribution is 5.51. The van der Waals surface area contributed by atoms with Crippen molar-refractivity contribution in [2.75, 3.05) is 31.1 Å². The number of aryl methyl sites for hydroxylation is 2. The minimum Gasteiger partial charge on any atom is -0.373 e. The van der Waals surface area contributed by atoms with E-state index in [0.717, 1.165) is 19.7 Å². The van der Waals surface area contributed by atoms with Crippen LogP contribution < -0.4 is 10.6 Å². The molecule has 1 aromatic carbocycles. The quantitative estimate of drug-likeness (QED) is 0.820. The van der Waals surface area contributed by atoms with E-state index in [9.17, 15) is 0 Å². The smallest absolute Gasteiger partial charge is 0.0872 e. The molecule has 3 heteroatoms. The summed E-state index contributed by atoms with van der Waals surface area (Å²) >= 11 is 0. The van der Waals surface area contributed by atoms with Crippen LogP contribution in [0.3, 0.4) is 0 Å². The Bertz CT molecular complexity index is 365. The molecule has 1 unspecified atom stereocenters. The van der Waals surface area contributed by atoms with Gasteiger partial charge in [-0.2, -0.15) is 0 Å². The number of benzene rings is 1. The fraction of sp³-hybridized carbons (Fsp3) is 0.538. The SMILES string of the molecule is Cc1ccc(N2CCOC(CN)C2)cc1C. The van der Waals surface area contributed by atoms with E-state index in [1.807, 2.05) is 0 Å². The van der Waals surface area contributed by atoms with E-state index in [-0.39, 0.29) is 6.10 Å². The van der Waals surface area contributed by atoms with Crippen molar-refractivity contribution >= 4 is 5.69 Å². The maximum atomic E-state index is 5.65. The van der Waals surface area contributed by atoms with Crippen LogP contribution in [0.1, 0.15) is 11.1 Å². The van der Waals surface area contributed by atoms with Gasteiger partial charge < -0.3 is 15.4 Å². The molecule has 0 radical (unpaired) electrons. The van der Waals surface area contributed by atoms with Crippen molar-refractivity contribution in [2.45, 2.75) is 20.0 Å². The van der Waals surface area contributed by atoms with E-state index in [4.69, 9.17) is 10.5 Å². The van der Waals surface area contributed by atoms with Gasteiger partial charge in [0.05, 0.1) is 12.7 Å². The average molecular weight is 220 g/mol. The molecule has 16 heavy (non-hydrogen) atoms. The first-order chi connectivity index (χ1) is 7.70. The van der Waals surface area contributed by atoms with E-state index in [0.29, 0.717) is 6.54 Å². The monoisotopic (exact) mass is 220 g/mol. The number of nitrogens with zero attached hydrogens (tertiary/aromatic N) is 1. The number of morpholine rings is 1. The number of hydrogen-bond donors (Lipinski definition) is 1. The van der Waals surface area contributed by atoms with Crippen LogP contribution >= 0.6 is 0 Å². The van der Waals surface area contributed by atoms with Gasteiger partial charge in [-0.15, -0.1) is 0 Å². The molecule has 1 heterocycles. The van der Waals surface area contributed by atoms with Gasteiger partial charge in [-0.25, -0.2) is 0 Å². The van der Waals surface area contributed by atoms with Gasteiger partial charge in [0.15, 0.2) is 0 Å². The first-order valence-electron chi connectivity index (χ1n) is 5.84. The van der Waals surface area contributed by atoms with Gasteiger partial charge in [-0.1, -0.05) is 6.07 Å². The van der Waals surface area contributed by atoms with E-state index in [1.54, 1.807) is 0 Å². The molecule has 1 aliphatic heterocycles. The molecule has 1 atom stereocenters. The summed E-state index contributed by atoms with van der Waals surface area (Å²) in [6.07, 6.45) is 0.176. The zero-order valence-corrected chi connectivity index (χ0v) is 10.1. The largest absolute Gasteiger partial charge is 0.373 e. The molecular formula is C13H20N2O. The molecule has 2 rings (SSSR count). The lowest BCUT2D eigenvalue weighted by atomic mass is 10.1. The minimum atomic E-state index is 0.176. The number of hydrogen-bond acceptors (Lipinski definition) is 3. The molecule has 2 N–H and O–H groups in total. The maximum Gasteiger partial charge on any atom is 0.0872 e. The molecule has 0 aliphatic carbocycles. The predicted molar refractivity (Wildman–Crippen MR) is 66.9 cm³/mol. The Hall–Kier alpha value is -1.06. The Labute approximate surface area is 97.2 Å². The zero-order chi connectivity index (χ0) is 11.5. The molecule has 0 saturated carbocycles. The Morgan fingerprint density at radius 3 is 2.88 bits per heavy atom. The predicted octanol–water partition coefficient (Wildman–Crippen LogP) is 1.47. The lowest BCUT2D eigenvalue weighted by Crippen LogP contribution is -2.45. The van der Waals surface area contributed by atoms with Crippen molar-refractivity contribution in [3.05, 3.63) is 29.3 Å². The van der Waals surface area contributed by atoms with Crippen LogP contribution in [0.2, 0.25) is 0 Å². The Morgan fingerprint density at radius 2 is 2.19 bits per heavy atom. The fourth-order valence-corrected chi connectivity index (χ4v) is 2.02. The first-order valence-corrected chi connectivity index (χ1v) is 5.84. The zero-order valence-electron chi connectivity index (χ0n) is 10.1. The third-order valence-electron chi connectivity index (χ3n) is 3.26. The van der Waals surface area contributed by atoms with Crippen molar-refractivity contribution in [2.24, 2.45) is 5.73 Å². The van der Waals surface area contributed by atoms with Crippen LogP contribution in [0.15, 0.2) is 18.2 Å². The summed E-state index contributed by atoms with van der Waals surface area (Å²) in [4.78, 5) is 2.35. The fourth-order valence-electron chi connectivity index (χ4n) is 2.02. The molecule has 0 spiro atoms. The summed E-state index contributed by atoms with van der Waals surface area (Å²) in [6, 6.07) is 6.60. The highest BCUT2D eigenvalue weighted by Crippen LogP contribution is 2.20. The van der Waals surface area contributed by atoms with Gasteiger partial charge in [0.25, 0.3) is 0 Å². The van der Waals surface area contributed by atoms with Crippen LogP contribution in [-0.2, 0) is 4.74 Å². The molecule has 3 nitrogen and oxygen atoms in total. The van der Waals surface area contributed by atoms with Crippen LogP contribution in [0.5, 0.6) is 0 Å². The third kappa shape index (κ3) is 2.36. The Kier molecular flexibility index (Phi) is 3.46. The molecule has 88 valence electrons. The van der Waals surface area contributed by atoms with E-state index in [2.05, 4.69) is 36.9 Å². The first kappa shape index (κ1) is 11.4.